The minimum absolute atomic E-state index is 0.139. The number of hydrogen-bond acceptors (Lipinski definition) is 4. The Balaban J connectivity index is 2.48. The number of Topliss-reactive ketones (excluding diaryl/α,β-unsaturated/α-hetero) is 1. The van der Waals surface area contributed by atoms with Gasteiger partial charge in [0, 0.05) is 29.9 Å². The molecule has 2 rings (SSSR count). The lowest BCUT2D eigenvalue weighted by Gasteiger charge is -2.27. The molecule has 1 heterocycles. The molecule has 0 saturated carbocycles. The van der Waals surface area contributed by atoms with Crippen LogP contribution in [0.3, 0.4) is 0 Å². The molecule has 0 bridgehead atoms. The molecule has 1 atom stereocenters. The van der Waals surface area contributed by atoms with E-state index in [1.54, 1.807) is 32.3 Å². The fourth-order valence-corrected chi connectivity index (χ4v) is 3.78. The minimum Gasteiger partial charge on any atom is -0.461 e. The van der Waals surface area contributed by atoms with Gasteiger partial charge in [-0.3, -0.25) is 9.59 Å². The summed E-state index contributed by atoms with van der Waals surface area (Å²) in [6, 6.07) is 4.35. The number of esters is 1. The van der Waals surface area contributed by atoms with Crippen LogP contribution in [-0.4, -0.2) is 46.3 Å². The summed E-state index contributed by atoms with van der Waals surface area (Å²) in [7, 11) is 0. The van der Waals surface area contributed by atoms with Crippen LogP contribution in [0.1, 0.15) is 63.2 Å². The summed E-state index contributed by atoms with van der Waals surface area (Å²) in [5, 5.41) is 0. The Bertz CT molecular complexity index is 992. The van der Waals surface area contributed by atoms with Crippen LogP contribution < -0.4 is 0 Å². The number of hydrogen-bond donors (Lipinski definition) is 0. The van der Waals surface area contributed by atoms with Crippen LogP contribution in [0, 0.1) is 19.7 Å². The van der Waals surface area contributed by atoms with Gasteiger partial charge in [-0.25, -0.2) is 9.18 Å². The number of nitrogens with zero attached hydrogens (tertiary/aromatic N) is 2. The Labute approximate surface area is 182 Å². The Morgan fingerprint density at radius 1 is 1.19 bits per heavy atom. The molecule has 2 aromatic rings. The number of benzene rings is 1. The number of ketones is 1. The third kappa shape index (κ3) is 4.76. The van der Waals surface area contributed by atoms with Crippen LogP contribution in [0.25, 0.3) is 0 Å². The number of amides is 1. The highest BCUT2D eigenvalue weighted by Gasteiger charge is 2.32. The molecule has 0 spiro atoms. The molecule has 0 N–H and O–H groups in total. The van der Waals surface area contributed by atoms with Crippen molar-refractivity contribution in [3.63, 3.8) is 0 Å². The van der Waals surface area contributed by atoms with E-state index in [0.29, 0.717) is 29.1 Å². The van der Waals surface area contributed by atoms with Crippen LogP contribution in [0.2, 0.25) is 0 Å². The van der Waals surface area contributed by atoms with E-state index in [1.807, 2.05) is 6.92 Å². The zero-order valence-electron chi connectivity index (χ0n) is 18.7. The Morgan fingerprint density at radius 3 is 2.32 bits per heavy atom. The molecule has 0 aliphatic rings. The average Bonchev–Trinajstić information content (AvgIpc) is 3.00. The Morgan fingerprint density at radius 2 is 1.81 bits per heavy atom. The lowest BCUT2D eigenvalue weighted by molar-refractivity contribution is 0.0512. The Kier molecular flexibility index (Phi) is 7.91. The average molecular weight is 429 g/mol. The number of aromatic nitrogens is 1. The second-order valence-electron chi connectivity index (χ2n) is 7.19. The molecule has 166 valence electrons. The van der Waals surface area contributed by atoms with Crippen molar-refractivity contribution in [3.8, 4) is 0 Å². The van der Waals surface area contributed by atoms with Crippen molar-refractivity contribution in [1.82, 2.24) is 9.47 Å². The predicted octanol–water partition coefficient (Wildman–Crippen LogP) is 4.34. The maximum Gasteiger partial charge on any atom is 0.355 e. The van der Waals surface area contributed by atoms with E-state index in [4.69, 9.17) is 4.74 Å². The predicted molar refractivity (Wildman–Crippen MR) is 117 cm³/mol. The van der Waals surface area contributed by atoms with Crippen molar-refractivity contribution >= 4 is 17.7 Å². The molecule has 0 unspecified atom stereocenters. The van der Waals surface area contributed by atoms with Gasteiger partial charge in [0.05, 0.1) is 12.6 Å². The largest absolute Gasteiger partial charge is 0.461 e. The Hall–Kier alpha value is -3.22. The first-order valence-corrected chi connectivity index (χ1v) is 10.3. The van der Waals surface area contributed by atoms with E-state index < -0.39 is 23.7 Å². The van der Waals surface area contributed by atoms with Crippen molar-refractivity contribution in [1.29, 1.82) is 0 Å². The quantitative estimate of drug-likeness (QED) is 0.338. The molecule has 1 aromatic heterocycles. The van der Waals surface area contributed by atoms with Gasteiger partial charge in [-0.2, -0.15) is 0 Å². The van der Waals surface area contributed by atoms with Crippen molar-refractivity contribution in [2.45, 2.75) is 47.2 Å². The highest BCUT2D eigenvalue weighted by atomic mass is 19.1. The lowest BCUT2D eigenvalue weighted by atomic mass is 9.99. The summed E-state index contributed by atoms with van der Waals surface area (Å²) in [4.78, 5) is 40.4. The SMILES string of the molecule is C=CCN(C(=O)c1ccc(F)cc1)[C@H](C)C(=O)c1c(C)c(C(=O)OCC)n(CC)c1C. The van der Waals surface area contributed by atoms with Crippen LogP contribution in [0.5, 0.6) is 0 Å². The summed E-state index contributed by atoms with van der Waals surface area (Å²) in [6.07, 6.45) is 1.53. The van der Waals surface area contributed by atoms with Gasteiger partial charge in [0.2, 0.25) is 0 Å². The lowest BCUT2D eigenvalue weighted by Crippen LogP contribution is -2.43. The first-order valence-electron chi connectivity index (χ1n) is 10.3. The number of carbonyl (C=O) groups excluding carboxylic acids is 3. The molecule has 7 heteroatoms. The molecule has 0 radical (unpaired) electrons. The van der Waals surface area contributed by atoms with Gasteiger partial charge in [-0.1, -0.05) is 6.08 Å². The summed E-state index contributed by atoms with van der Waals surface area (Å²) >= 11 is 0. The van der Waals surface area contributed by atoms with E-state index in [9.17, 15) is 18.8 Å². The second-order valence-corrected chi connectivity index (χ2v) is 7.19. The summed E-state index contributed by atoms with van der Waals surface area (Å²) in [5.74, 6) is -1.63. The molecule has 1 aromatic carbocycles. The van der Waals surface area contributed by atoms with Crippen molar-refractivity contribution in [3.05, 3.63) is 70.8 Å². The van der Waals surface area contributed by atoms with Gasteiger partial charge in [0.15, 0.2) is 5.78 Å². The van der Waals surface area contributed by atoms with Crippen molar-refractivity contribution in [2.24, 2.45) is 0 Å². The third-order valence-electron chi connectivity index (χ3n) is 5.32. The van der Waals surface area contributed by atoms with E-state index >= 15 is 0 Å². The van der Waals surface area contributed by atoms with Gasteiger partial charge in [0.1, 0.15) is 11.5 Å². The fraction of sp³-hybridized carbons (Fsp3) is 0.375. The number of rotatable bonds is 9. The normalized spacial score (nSPS) is 11.7. The van der Waals surface area contributed by atoms with Crippen LogP contribution in [-0.2, 0) is 11.3 Å². The van der Waals surface area contributed by atoms with E-state index in [2.05, 4.69) is 6.58 Å². The van der Waals surface area contributed by atoms with E-state index in [-0.39, 0.29) is 24.5 Å². The van der Waals surface area contributed by atoms with Gasteiger partial charge >= 0.3 is 5.97 Å². The molecular weight excluding hydrogens is 399 g/mol. The monoisotopic (exact) mass is 428 g/mol. The van der Waals surface area contributed by atoms with E-state index in [1.165, 1.54) is 35.2 Å². The zero-order valence-corrected chi connectivity index (χ0v) is 18.7. The van der Waals surface area contributed by atoms with Crippen LogP contribution in [0.15, 0.2) is 36.9 Å². The summed E-state index contributed by atoms with van der Waals surface area (Å²) in [6.45, 7) is 13.3. The zero-order chi connectivity index (χ0) is 23.3. The molecule has 0 aliphatic heterocycles. The smallest absolute Gasteiger partial charge is 0.355 e. The molecule has 1 amide bonds. The van der Waals surface area contributed by atoms with Gasteiger partial charge in [-0.15, -0.1) is 6.58 Å². The minimum atomic E-state index is -0.823. The maximum atomic E-state index is 13.5. The standard InChI is InChI=1S/C24H29FN2O4/c1-7-14-27(23(29)18-10-12-19(25)13-11-18)17(6)22(28)20-15(4)21(24(30)31-9-3)26(8-2)16(20)5/h7,10-13,17H,1,8-9,14H2,2-6H3/t17-/m1/s1. The third-order valence-corrected chi connectivity index (χ3v) is 5.32. The number of halogens is 1. The molecule has 6 nitrogen and oxygen atoms in total. The highest BCUT2D eigenvalue weighted by Crippen LogP contribution is 2.26. The van der Waals surface area contributed by atoms with Crippen molar-refractivity contribution in [2.75, 3.05) is 13.2 Å². The van der Waals surface area contributed by atoms with Gasteiger partial charge < -0.3 is 14.2 Å². The maximum absolute atomic E-state index is 13.5. The first kappa shape index (κ1) is 24.1. The molecule has 0 saturated heterocycles. The molecular formula is C24H29FN2O4. The fourth-order valence-electron chi connectivity index (χ4n) is 3.78. The summed E-state index contributed by atoms with van der Waals surface area (Å²) in [5.41, 5.74) is 2.20. The van der Waals surface area contributed by atoms with Crippen molar-refractivity contribution < 1.29 is 23.5 Å². The van der Waals surface area contributed by atoms with Gasteiger partial charge in [-0.05, 0) is 64.4 Å². The second kappa shape index (κ2) is 10.2. The van der Waals surface area contributed by atoms with Crippen LogP contribution >= 0.6 is 0 Å². The first-order chi connectivity index (χ1) is 14.7. The number of ether oxygens (including phenoxy) is 1. The molecule has 0 fully saturated rings. The topological polar surface area (TPSA) is 68.6 Å². The molecule has 31 heavy (non-hydrogen) atoms. The van der Waals surface area contributed by atoms with E-state index in [0.717, 1.165) is 0 Å². The number of carbonyl (C=O) groups is 3. The highest BCUT2D eigenvalue weighted by molar-refractivity contribution is 6.07. The van der Waals surface area contributed by atoms with Gasteiger partial charge in [0.25, 0.3) is 5.91 Å². The van der Waals surface area contributed by atoms with Crippen LogP contribution in [0.4, 0.5) is 4.39 Å². The molecule has 0 aliphatic carbocycles. The summed E-state index contributed by atoms with van der Waals surface area (Å²) < 4.78 is 20.2.